The molecule has 3 rings (SSSR count). The lowest BCUT2D eigenvalue weighted by molar-refractivity contribution is -0.127. The molecule has 0 aliphatic carbocycles. The lowest BCUT2D eigenvalue weighted by atomic mass is 10.2. The van der Waals surface area contributed by atoms with Crippen LogP contribution < -0.4 is 5.32 Å². The average molecular weight is 416 g/mol. The number of carbonyl (C=O) groups is 2. The monoisotopic (exact) mass is 415 g/mol. The minimum absolute atomic E-state index is 0.0438. The predicted octanol–water partition coefficient (Wildman–Crippen LogP) is 3.03. The summed E-state index contributed by atoms with van der Waals surface area (Å²) in [7, 11) is 2.02. The van der Waals surface area contributed by atoms with E-state index in [1.165, 1.54) is 0 Å². The van der Waals surface area contributed by atoms with Crippen molar-refractivity contribution in [1.82, 2.24) is 19.4 Å². The first-order valence-corrected chi connectivity index (χ1v) is 10.1. The fourth-order valence-corrected chi connectivity index (χ4v) is 3.32. The van der Waals surface area contributed by atoms with Gasteiger partial charge in [-0.15, -0.1) is 0 Å². The van der Waals surface area contributed by atoms with Gasteiger partial charge in [-0.05, 0) is 32.6 Å². The van der Waals surface area contributed by atoms with Crippen LogP contribution in [0.4, 0.5) is 5.69 Å². The third kappa shape index (κ3) is 4.86. The van der Waals surface area contributed by atoms with Crippen molar-refractivity contribution in [2.75, 3.05) is 25.5 Å². The van der Waals surface area contributed by atoms with E-state index in [9.17, 15) is 9.59 Å². The minimum atomic E-state index is -0.270. The van der Waals surface area contributed by atoms with Gasteiger partial charge in [0.2, 0.25) is 5.91 Å². The van der Waals surface area contributed by atoms with Crippen LogP contribution in [-0.2, 0) is 17.9 Å². The fourth-order valence-electron chi connectivity index (χ4n) is 3.14. The lowest BCUT2D eigenvalue weighted by Crippen LogP contribution is -2.38. The predicted molar refractivity (Wildman–Crippen MR) is 114 cm³/mol. The number of carbonyl (C=O) groups excluding carboxylic acids is 2. The fraction of sp³-hybridized carbons (Fsp3) is 0.381. The Balaban J connectivity index is 1.66. The number of hydrogen-bond donors (Lipinski definition) is 1. The van der Waals surface area contributed by atoms with Crippen molar-refractivity contribution in [3.63, 3.8) is 0 Å². The molecule has 0 radical (unpaired) electrons. The zero-order chi connectivity index (χ0) is 21.0. The summed E-state index contributed by atoms with van der Waals surface area (Å²) in [4.78, 5) is 33.4. The first-order valence-electron chi connectivity index (χ1n) is 9.68. The van der Waals surface area contributed by atoms with E-state index in [-0.39, 0.29) is 17.9 Å². The van der Waals surface area contributed by atoms with Crippen LogP contribution in [-0.4, -0.2) is 57.3 Å². The Morgan fingerprint density at radius 2 is 2.10 bits per heavy atom. The first-order chi connectivity index (χ1) is 13.9. The van der Waals surface area contributed by atoms with Crippen molar-refractivity contribution < 1.29 is 9.59 Å². The quantitative estimate of drug-likeness (QED) is 0.736. The molecule has 0 unspecified atom stereocenters. The van der Waals surface area contributed by atoms with Gasteiger partial charge < -0.3 is 19.7 Å². The van der Waals surface area contributed by atoms with Crippen LogP contribution in [0.5, 0.6) is 0 Å². The molecule has 0 spiro atoms. The summed E-state index contributed by atoms with van der Waals surface area (Å²) in [5.74, 6) is 0.381. The number of nitrogens with zero attached hydrogens (tertiary/aromatic N) is 4. The van der Waals surface area contributed by atoms with Crippen LogP contribution in [0.2, 0.25) is 5.02 Å². The number of hydrogen-bond acceptors (Lipinski definition) is 4. The molecular formula is C21H26ClN5O2. The third-order valence-corrected chi connectivity index (χ3v) is 5.57. The van der Waals surface area contributed by atoms with Crippen LogP contribution in [0.25, 0.3) is 0 Å². The highest BCUT2D eigenvalue weighted by molar-refractivity contribution is 6.33. The molecule has 0 bridgehead atoms. The number of imidazole rings is 1. The van der Waals surface area contributed by atoms with E-state index < -0.39 is 0 Å². The molecule has 0 fully saturated rings. The summed E-state index contributed by atoms with van der Waals surface area (Å²) in [6, 6.07) is 7.27. The normalized spacial score (nSPS) is 14.9. The molecule has 1 aliphatic rings. The number of anilines is 1. The number of aromatic nitrogens is 2. The largest absolute Gasteiger partial charge is 0.330 e. The average Bonchev–Trinajstić information content (AvgIpc) is 3.16. The smallest absolute Gasteiger partial charge is 0.273 e. The maximum absolute atomic E-state index is 12.7. The van der Waals surface area contributed by atoms with Crippen molar-refractivity contribution in [3.8, 4) is 0 Å². The van der Waals surface area contributed by atoms with Gasteiger partial charge in [-0.3, -0.25) is 9.59 Å². The Kier molecular flexibility index (Phi) is 6.71. The van der Waals surface area contributed by atoms with Gasteiger partial charge in [0.15, 0.2) is 0 Å². The van der Waals surface area contributed by atoms with Crippen LogP contribution in [0.1, 0.15) is 30.2 Å². The number of benzene rings is 1. The molecule has 2 amide bonds. The second-order valence-corrected chi connectivity index (χ2v) is 7.49. The molecule has 1 aromatic carbocycles. The van der Waals surface area contributed by atoms with Crippen molar-refractivity contribution in [1.29, 1.82) is 0 Å². The molecule has 0 saturated carbocycles. The lowest BCUT2D eigenvalue weighted by Gasteiger charge is -2.28. The van der Waals surface area contributed by atoms with Crippen LogP contribution in [0.15, 0.2) is 42.6 Å². The number of amides is 2. The summed E-state index contributed by atoms with van der Waals surface area (Å²) in [6.07, 6.45) is 5.08. The molecule has 2 heterocycles. The van der Waals surface area contributed by atoms with Crippen LogP contribution in [0, 0.1) is 0 Å². The summed E-state index contributed by atoms with van der Waals surface area (Å²) in [6.45, 7) is 6.47. The van der Waals surface area contributed by atoms with Gasteiger partial charge in [-0.25, -0.2) is 4.98 Å². The number of halogens is 1. The second kappa shape index (κ2) is 9.24. The highest BCUT2D eigenvalue weighted by atomic mass is 35.5. The van der Waals surface area contributed by atoms with Crippen molar-refractivity contribution in [2.24, 2.45) is 0 Å². The Morgan fingerprint density at radius 1 is 1.34 bits per heavy atom. The molecular weight excluding hydrogens is 390 g/mol. The highest BCUT2D eigenvalue weighted by Gasteiger charge is 2.25. The topological polar surface area (TPSA) is 70.5 Å². The minimum Gasteiger partial charge on any atom is -0.330 e. The number of fused-ring (bicyclic) bond motifs is 1. The van der Waals surface area contributed by atoms with E-state index in [1.807, 2.05) is 23.8 Å². The van der Waals surface area contributed by atoms with Gasteiger partial charge >= 0.3 is 0 Å². The van der Waals surface area contributed by atoms with Gasteiger partial charge in [0.05, 0.1) is 23.5 Å². The van der Waals surface area contributed by atoms with E-state index in [0.717, 1.165) is 6.54 Å². The maximum atomic E-state index is 12.7. The number of rotatable bonds is 6. The molecule has 1 aliphatic heterocycles. The van der Waals surface area contributed by atoms with Crippen molar-refractivity contribution >= 4 is 29.1 Å². The van der Waals surface area contributed by atoms with E-state index in [0.29, 0.717) is 41.9 Å². The molecule has 0 saturated heterocycles. The van der Waals surface area contributed by atoms with Crippen molar-refractivity contribution in [3.05, 3.63) is 59.2 Å². The van der Waals surface area contributed by atoms with Crippen LogP contribution >= 0.6 is 11.6 Å². The molecule has 1 atom stereocenters. The van der Waals surface area contributed by atoms with Gasteiger partial charge in [-0.2, -0.15) is 0 Å². The van der Waals surface area contributed by atoms with E-state index in [1.54, 1.807) is 35.4 Å². The SMILES string of the molecule is CCN(C)[C@H](C)/C=C/C(=O)N1CCn2c(C(=O)Nc3ccccc3Cl)cnc2C1. The summed E-state index contributed by atoms with van der Waals surface area (Å²) in [5, 5.41) is 3.29. The molecule has 154 valence electrons. The Labute approximate surface area is 176 Å². The number of likely N-dealkylation sites (N-methyl/N-ethyl adjacent to an activating group) is 1. The summed E-state index contributed by atoms with van der Waals surface area (Å²) in [5.41, 5.74) is 1.01. The van der Waals surface area contributed by atoms with Gasteiger partial charge in [-0.1, -0.05) is 36.7 Å². The number of nitrogens with one attached hydrogen (secondary N) is 1. The standard InChI is InChI=1S/C21H26ClN5O2/c1-4-25(3)15(2)9-10-20(28)26-11-12-27-18(13-23-19(27)14-26)21(29)24-17-8-6-5-7-16(17)22/h5-10,13,15H,4,11-12,14H2,1-3H3,(H,24,29)/b10-9+/t15-/m1/s1. The summed E-state index contributed by atoms with van der Waals surface area (Å²) < 4.78 is 1.85. The van der Waals surface area contributed by atoms with Gasteiger partial charge in [0.25, 0.3) is 5.91 Å². The van der Waals surface area contributed by atoms with Gasteiger partial charge in [0.1, 0.15) is 11.5 Å². The highest BCUT2D eigenvalue weighted by Crippen LogP contribution is 2.22. The van der Waals surface area contributed by atoms with Crippen molar-refractivity contribution in [2.45, 2.75) is 33.0 Å². The zero-order valence-corrected chi connectivity index (χ0v) is 17.7. The molecule has 1 aromatic heterocycles. The molecule has 7 nitrogen and oxygen atoms in total. The zero-order valence-electron chi connectivity index (χ0n) is 16.9. The Morgan fingerprint density at radius 3 is 2.83 bits per heavy atom. The molecule has 29 heavy (non-hydrogen) atoms. The maximum Gasteiger partial charge on any atom is 0.273 e. The molecule has 2 aromatic rings. The first kappa shape index (κ1) is 21.1. The second-order valence-electron chi connectivity index (χ2n) is 7.08. The van der Waals surface area contributed by atoms with Gasteiger partial charge in [0, 0.05) is 25.2 Å². The third-order valence-electron chi connectivity index (χ3n) is 5.24. The summed E-state index contributed by atoms with van der Waals surface area (Å²) >= 11 is 6.12. The van der Waals surface area contributed by atoms with Crippen LogP contribution in [0.3, 0.4) is 0 Å². The van der Waals surface area contributed by atoms with E-state index >= 15 is 0 Å². The Bertz CT molecular complexity index is 924. The van der Waals surface area contributed by atoms with E-state index in [2.05, 4.69) is 29.0 Å². The number of para-hydroxylation sites is 1. The molecule has 8 heteroatoms. The van der Waals surface area contributed by atoms with E-state index in [4.69, 9.17) is 11.6 Å². The molecule has 1 N–H and O–H groups in total. The Hall–Kier alpha value is -2.64.